The summed E-state index contributed by atoms with van der Waals surface area (Å²) in [4.78, 5) is 19.6. The lowest BCUT2D eigenvalue weighted by Gasteiger charge is -2.14. The van der Waals surface area contributed by atoms with E-state index in [1.54, 1.807) is 6.07 Å². The fourth-order valence-corrected chi connectivity index (χ4v) is 3.68. The lowest BCUT2D eigenvalue weighted by atomic mass is 10.1. The highest BCUT2D eigenvalue weighted by Crippen LogP contribution is 2.21. The SMILES string of the molecule is CCc1nn2c(=O)cc(CN3CCC(CCO)C3)nc2s1. The Morgan fingerprint density at radius 2 is 2.38 bits per heavy atom. The van der Waals surface area contributed by atoms with Crippen LogP contribution in [-0.4, -0.2) is 44.3 Å². The fourth-order valence-electron chi connectivity index (χ4n) is 2.82. The van der Waals surface area contributed by atoms with E-state index in [2.05, 4.69) is 15.0 Å². The minimum Gasteiger partial charge on any atom is -0.396 e. The van der Waals surface area contributed by atoms with Crippen LogP contribution in [0.15, 0.2) is 10.9 Å². The molecule has 3 rings (SSSR count). The summed E-state index contributed by atoms with van der Waals surface area (Å²) in [6.07, 6.45) is 2.79. The summed E-state index contributed by atoms with van der Waals surface area (Å²) in [6.45, 7) is 4.96. The molecule has 0 radical (unpaired) electrons. The Labute approximate surface area is 127 Å². The molecule has 0 bridgehead atoms. The van der Waals surface area contributed by atoms with Crippen LogP contribution >= 0.6 is 11.3 Å². The number of aromatic nitrogens is 3. The second-order valence-electron chi connectivity index (χ2n) is 5.53. The molecule has 1 N–H and O–H groups in total. The molecule has 0 aliphatic carbocycles. The van der Waals surface area contributed by atoms with Gasteiger partial charge in [-0.3, -0.25) is 9.69 Å². The molecule has 21 heavy (non-hydrogen) atoms. The van der Waals surface area contributed by atoms with E-state index in [1.807, 2.05) is 6.92 Å². The van der Waals surface area contributed by atoms with Gasteiger partial charge in [0.25, 0.3) is 5.56 Å². The van der Waals surface area contributed by atoms with Crippen molar-refractivity contribution in [1.82, 2.24) is 19.5 Å². The first kappa shape index (κ1) is 14.6. The van der Waals surface area contributed by atoms with Crippen molar-refractivity contribution < 1.29 is 5.11 Å². The number of rotatable bonds is 5. The Morgan fingerprint density at radius 3 is 3.14 bits per heavy atom. The van der Waals surface area contributed by atoms with Crippen molar-refractivity contribution in [2.24, 2.45) is 5.92 Å². The van der Waals surface area contributed by atoms with E-state index in [9.17, 15) is 4.79 Å². The summed E-state index contributed by atoms with van der Waals surface area (Å²) in [6, 6.07) is 1.59. The van der Waals surface area contributed by atoms with Gasteiger partial charge < -0.3 is 5.11 Å². The molecule has 0 amide bonds. The first-order valence-corrected chi connectivity index (χ1v) is 8.23. The van der Waals surface area contributed by atoms with Crippen LogP contribution in [0.2, 0.25) is 0 Å². The summed E-state index contributed by atoms with van der Waals surface area (Å²) in [7, 11) is 0. The number of hydrogen-bond acceptors (Lipinski definition) is 6. The summed E-state index contributed by atoms with van der Waals surface area (Å²) in [5.41, 5.74) is 0.716. The van der Waals surface area contributed by atoms with Crippen molar-refractivity contribution in [3.63, 3.8) is 0 Å². The zero-order valence-electron chi connectivity index (χ0n) is 12.2. The van der Waals surface area contributed by atoms with Crippen LogP contribution in [0.3, 0.4) is 0 Å². The van der Waals surface area contributed by atoms with E-state index in [0.29, 0.717) is 17.4 Å². The van der Waals surface area contributed by atoms with Crippen LogP contribution in [0, 0.1) is 5.92 Å². The summed E-state index contributed by atoms with van der Waals surface area (Å²) in [5.74, 6) is 0.565. The average molecular weight is 308 g/mol. The van der Waals surface area contributed by atoms with Crippen molar-refractivity contribution in [3.05, 3.63) is 27.1 Å². The van der Waals surface area contributed by atoms with Crippen molar-refractivity contribution in [2.75, 3.05) is 19.7 Å². The first-order valence-electron chi connectivity index (χ1n) is 7.41. The Morgan fingerprint density at radius 1 is 1.52 bits per heavy atom. The Kier molecular flexibility index (Phi) is 4.32. The zero-order chi connectivity index (χ0) is 14.8. The lowest BCUT2D eigenvalue weighted by Crippen LogP contribution is -2.23. The molecule has 1 atom stereocenters. The van der Waals surface area contributed by atoms with Gasteiger partial charge in [-0.2, -0.15) is 9.61 Å². The van der Waals surface area contributed by atoms with Gasteiger partial charge in [0.2, 0.25) is 4.96 Å². The first-order chi connectivity index (χ1) is 10.2. The Hall–Kier alpha value is -1.31. The quantitative estimate of drug-likeness (QED) is 0.889. The molecular formula is C14H20N4O2S. The molecule has 1 fully saturated rings. The highest BCUT2D eigenvalue weighted by Gasteiger charge is 2.22. The van der Waals surface area contributed by atoms with Crippen LogP contribution in [0.1, 0.15) is 30.5 Å². The zero-order valence-corrected chi connectivity index (χ0v) is 13.0. The number of hydrogen-bond donors (Lipinski definition) is 1. The van der Waals surface area contributed by atoms with Gasteiger partial charge >= 0.3 is 0 Å². The lowest BCUT2D eigenvalue weighted by molar-refractivity contribution is 0.249. The number of nitrogens with zero attached hydrogens (tertiary/aromatic N) is 4. The van der Waals surface area contributed by atoms with Gasteiger partial charge in [0.05, 0.1) is 5.69 Å². The van der Waals surface area contributed by atoms with E-state index >= 15 is 0 Å². The maximum atomic E-state index is 12.1. The minimum atomic E-state index is -0.0999. The third-order valence-corrected chi connectivity index (χ3v) is 4.99. The number of aliphatic hydroxyl groups is 1. The summed E-state index contributed by atoms with van der Waals surface area (Å²) in [5, 5.41) is 14.2. The number of fused-ring (bicyclic) bond motifs is 1. The second-order valence-corrected chi connectivity index (χ2v) is 6.57. The molecule has 0 aromatic carbocycles. The van der Waals surface area contributed by atoms with Crippen LogP contribution in [0.5, 0.6) is 0 Å². The highest BCUT2D eigenvalue weighted by atomic mass is 32.1. The standard InChI is InChI=1S/C14H20N4O2S/c1-2-12-16-18-13(20)7-11(15-14(18)21-12)9-17-5-3-10(8-17)4-6-19/h7,10,19H,2-6,8-9H2,1H3. The molecule has 3 heterocycles. The topological polar surface area (TPSA) is 70.7 Å². The van der Waals surface area contributed by atoms with Gasteiger partial charge in [0, 0.05) is 25.8 Å². The highest BCUT2D eigenvalue weighted by molar-refractivity contribution is 7.16. The average Bonchev–Trinajstić information content (AvgIpc) is 3.06. The molecule has 114 valence electrons. The van der Waals surface area contributed by atoms with Gasteiger partial charge in [-0.15, -0.1) is 0 Å². The fraction of sp³-hybridized carbons (Fsp3) is 0.643. The van der Waals surface area contributed by atoms with Crippen molar-refractivity contribution in [3.8, 4) is 0 Å². The maximum absolute atomic E-state index is 12.1. The predicted molar refractivity (Wildman–Crippen MR) is 81.6 cm³/mol. The number of likely N-dealkylation sites (tertiary alicyclic amines) is 1. The molecule has 6 nitrogen and oxygen atoms in total. The monoisotopic (exact) mass is 308 g/mol. The second kappa shape index (κ2) is 6.21. The van der Waals surface area contributed by atoms with Crippen molar-refractivity contribution in [2.45, 2.75) is 32.7 Å². The van der Waals surface area contributed by atoms with E-state index in [0.717, 1.165) is 43.1 Å². The molecule has 1 aliphatic heterocycles. The van der Waals surface area contributed by atoms with Crippen molar-refractivity contribution in [1.29, 1.82) is 0 Å². The van der Waals surface area contributed by atoms with Gasteiger partial charge in [0.15, 0.2) is 0 Å². The van der Waals surface area contributed by atoms with E-state index in [-0.39, 0.29) is 12.2 Å². The largest absolute Gasteiger partial charge is 0.396 e. The third kappa shape index (κ3) is 3.14. The minimum absolute atomic E-state index is 0.0999. The van der Waals surface area contributed by atoms with Crippen molar-refractivity contribution >= 4 is 16.3 Å². The molecule has 1 unspecified atom stereocenters. The molecule has 7 heteroatoms. The summed E-state index contributed by atoms with van der Waals surface area (Å²) >= 11 is 1.48. The van der Waals surface area contributed by atoms with Gasteiger partial charge in [-0.1, -0.05) is 18.3 Å². The maximum Gasteiger partial charge on any atom is 0.275 e. The van der Waals surface area contributed by atoms with Crippen LogP contribution in [0.4, 0.5) is 0 Å². The number of aryl methyl sites for hydroxylation is 1. The smallest absolute Gasteiger partial charge is 0.275 e. The third-order valence-electron chi connectivity index (χ3n) is 3.94. The van der Waals surface area contributed by atoms with E-state index in [4.69, 9.17) is 5.11 Å². The molecule has 2 aromatic rings. The Bertz CT molecular complexity index is 681. The molecule has 0 spiro atoms. The van der Waals surface area contributed by atoms with Gasteiger partial charge in [-0.05, 0) is 31.7 Å². The number of aliphatic hydroxyl groups excluding tert-OH is 1. The normalized spacial score (nSPS) is 19.6. The molecule has 1 saturated heterocycles. The molecular weight excluding hydrogens is 288 g/mol. The van der Waals surface area contributed by atoms with Crippen LogP contribution in [0.25, 0.3) is 4.96 Å². The van der Waals surface area contributed by atoms with Crippen LogP contribution in [-0.2, 0) is 13.0 Å². The Balaban J connectivity index is 1.77. The molecule has 0 saturated carbocycles. The predicted octanol–water partition coefficient (Wildman–Crippen LogP) is 0.918. The van der Waals surface area contributed by atoms with E-state index < -0.39 is 0 Å². The van der Waals surface area contributed by atoms with Crippen LogP contribution < -0.4 is 5.56 Å². The van der Waals surface area contributed by atoms with Gasteiger partial charge in [-0.25, -0.2) is 4.98 Å². The summed E-state index contributed by atoms with van der Waals surface area (Å²) < 4.78 is 1.39. The molecule has 2 aromatic heterocycles. The van der Waals surface area contributed by atoms with Gasteiger partial charge in [0.1, 0.15) is 5.01 Å². The molecule has 1 aliphatic rings. The van der Waals surface area contributed by atoms with E-state index in [1.165, 1.54) is 15.9 Å².